The molecule has 278 valence electrons. The first kappa shape index (κ1) is 34.2. The van der Waals surface area contributed by atoms with Crippen LogP contribution in [-0.4, -0.2) is 15.0 Å². The predicted octanol–water partition coefficient (Wildman–Crippen LogP) is 11.6. The molecule has 0 saturated carbocycles. The first-order chi connectivity index (χ1) is 29.1. The molecule has 0 saturated heterocycles. The first-order valence-corrected chi connectivity index (χ1v) is 22.1. The molecule has 2 unspecified atom stereocenters. The molecule has 10 aromatic rings. The number of hydrogen-bond donors (Lipinski definition) is 0. The zero-order valence-electron chi connectivity index (χ0n) is 31.5. The molecule has 12 rings (SSSR count). The van der Waals surface area contributed by atoms with Crippen molar-refractivity contribution >= 4 is 56.8 Å². The monoisotopic (exact) mass is 793 g/mol. The average Bonchev–Trinajstić information content (AvgIpc) is 3.68. The maximum atomic E-state index is 16.5. The van der Waals surface area contributed by atoms with E-state index < -0.39 is 12.6 Å². The van der Waals surface area contributed by atoms with Crippen LogP contribution >= 0.6 is 18.9 Å². The highest BCUT2D eigenvalue weighted by molar-refractivity contribution is 7.99. The second kappa shape index (κ2) is 13.1. The molecule has 7 heteroatoms. The van der Waals surface area contributed by atoms with Gasteiger partial charge in [-0.1, -0.05) is 145 Å². The Morgan fingerprint density at radius 3 is 1.95 bits per heavy atom. The van der Waals surface area contributed by atoms with Crippen molar-refractivity contribution in [1.82, 2.24) is 15.0 Å². The average molecular weight is 794 g/mol. The third-order valence-electron chi connectivity index (χ3n) is 11.9. The summed E-state index contributed by atoms with van der Waals surface area (Å²) >= 11 is 1.76. The molecule has 2 aliphatic rings. The zero-order chi connectivity index (χ0) is 39.1. The summed E-state index contributed by atoms with van der Waals surface area (Å²) in [4.78, 5) is 16.9. The lowest BCUT2D eigenvalue weighted by Gasteiger charge is -2.47. The Kier molecular flexibility index (Phi) is 7.59. The minimum absolute atomic E-state index is 0.638. The molecule has 3 aromatic heterocycles. The van der Waals surface area contributed by atoms with Gasteiger partial charge in [0.1, 0.15) is 11.2 Å². The third-order valence-corrected chi connectivity index (χ3v) is 16.2. The molecule has 7 aromatic carbocycles. The molecule has 0 radical (unpaired) electrons. The van der Waals surface area contributed by atoms with Crippen LogP contribution in [0.2, 0.25) is 0 Å². The highest BCUT2D eigenvalue weighted by atomic mass is 32.2. The van der Waals surface area contributed by atoms with Gasteiger partial charge in [-0.3, -0.25) is 4.98 Å². The summed E-state index contributed by atoms with van der Waals surface area (Å²) in [7, 11) is -3.43. The third kappa shape index (κ3) is 5.00. The van der Waals surface area contributed by atoms with Gasteiger partial charge in [0.15, 0.2) is 13.0 Å². The van der Waals surface area contributed by atoms with Gasteiger partial charge in [-0.15, -0.1) is 0 Å². The van der Waals surface area contributed by atoms with Crippen LogP contribution in [0.15, 0.2) is 209 Å². The molecule has 59 heavy (non-hydrogen) atoms. The molecule has 0 amide bonds. The summed E-state index contributed by atoms with van der Waals surface area (Å²) in [5.41, 5.74) is 9.60. The van der Waals surface area contributed by atoms with Crippen LogP contribution < -0.4 is 15.9 Å². The Balaban J connectivity index is 1.17. The molecular formula is C52H32N3O2PS. The van der Waals surface area contributed by atoms with E-state index in [0.29, 0.717) is 5.82 Å². The number of rotatable bonds is 4. The van der Waals surface area contributed by atoms with Gasteiger partial charge in [0.25, 0.3) is 0 Å². The predicted molar refractivity (Wildman–Crippen MR) is 239 cm³/mol. The van der Waals surface area contributed by atoms with E-state index in [-0.39, 0.29) is 0 Å². The molecule has 0 N–H and O–H groups in total. The summed E-state index contributed by atoms with van der Waals surface area (Å²) in [6.07, 6.45) is 3.59. The van der Waals surface area contributed by atoms with Crippen LogP contribution in [-0.2, 0) is 9.98 Å². The standard InChI is InChI=1S/C52H32N3O2PS/c56-58(36-15-5-2-6-16-36)47-21-11-8-18-39(47)52(42-30-38-37-17-7-10-20-45(37)57-46(38)32-48(42)58)40-19-9-12-22-49(40)59-50-29-35(23-24-41(50)52)51-54-43(33-13-3-1-4-14-33)31-44(55-51)34-25-27-53-28-26-34/h1-32H. The van der Waals surface area contributed by atoms with Gasteiger partial charge in [0.2, 0.25) is 0 Å². The number of benzene rings is 7. The number of hydrogen-bond acceptors (Lipinski definition) is 6. The molecule has 0 aliphatic carbocycles. The topological polar surface area (TPSA) is 68.9 Å². The van der Waals surface area contributed by atoms with E-state index in [2.05, 4.69) is 102 Å². The fraction of sp³-hybridized carbons (Fsp3) is 0.0192. The van der Waals surface area contributed by atoms with Crippen molar-refractivity contribution in [3.8, 4) is 33.9 Å². The van der Waals surface area contributed by atoms with Gasteiger partial charge in [-0.2, -0.15) is 0 Å². The first-order valence-electron chi connectivity index (χ1n) is 19.6. The summed E-state index contributed by atoms with van der Waals surface area (Å²) in [6.45, 7) is 0. The normalized spacial score (nSPS) is 17.6. The number of para-hydroxylation sites is 1. The number of nitrogens with zero attached hydrogens (tertiary/aromatic N) is 3. The van der Waals surface area contributed by atoms with Crippen LogP contribution in [0.4, 0.5) is 0 Å². The van der Waals surface area contributed by atoms with Crippen LogP contribution in [0.25, 0.3) is 55.8 Å². The fourth-order valence-corrected chi connectivity index (χ4v) is 13.7. The zero-order valence-corrected chi connectivity index (χ0v) is 33.2. The van der Waals surface area contributed by atoms with E-state index in [1.54, 1.807) is 24.2 Å². The smallest absolute Gasteiger partial charge is 0.171 e. The van der Waals surface area contributed by atoms with Gasteiger partial charge < -0.3 is 8.98 Å². The number of pyridine rings is 1. The number of fused-ring (bicyclic) bond motifs is 11. The molecule has 5 nitrogen and oxygen atoms in total. The Morgan fingerprint density at radius 1 is 0.475 bits per heavy atom. The van der Waals surface area contributed by atoms with Gasteiger partial charge >= 0.3 is 0 Å². The van der Waals surface area contributed by atoms with E-state index in [9.17, 15) is 0 Å². The summed E-state index contributed by atoms with van der Waals surface area (Å²) < 4.78 is 23.0. The maximum absolute atomic E-state index is 16.5. The molecular weight excluding hydrogens is 762 g/mol. The lowest BCUT2D eigenvalue weighted by molar-refractivity contribution is 0.589. The van der Waals surface area contributed by atoms with Crippen molar-refractivity contribution in [3.05, 3.63) is 217 Å². The second-order valence-electron chi connectivity index (χ2n) is 15.0. The lowest BCUT2D eigenvalue weighted by Crippen LogP contribution is -2.48. The lowest BCUT2D eigenvalue weighted by atomic mass is 9.64. The molecule has 2 atom stereocenters. The Bertz CT molecular complexity index is 3290. The summed E-state index contributed by atoms with van der Waals surface area (Å²) in [5, 5.41) is 4.47. The van der Waals surface area contributed by atoms with Crippen molar-refractivity contribution in [1.29, 1.82) is 0 Å². The van der Waals surface area contributed by atoms with Crippen LogP contribution in [0.5, 0.6) is 0 Å². The second-order valence-corrected chi connectivity index (χ2v) is 18.8. The van der Waals surface area contributed by atoms with Gasteiger partial charge in [-0.25, -0.2) is 9.97 Å². The van der Waals surface area contributed by atoms with Crippen molar-refractivity contribution in [2.24, 2.45) is 0 Å². The molecule has 5 heterocycles. The van der Waals surface area contributed by atoms with E-state index in [0.717, 1.165) is 98.0 Å². The van der Waals surface area contributed by atoms with Crippen LogP contribution in [0.1, 0.15) is 22.3 Å². The van der Waals surface area contributed by atoms with E-state index in [4.69, 9.17) is 14.4 Å². The maximum Gasteiger partial charge on any atom is 0.171 e. The Hall–Kier alpha value is -6.85. The quantitative estimate of drug-likeness (QED) is 0.165. The van der Waals surface area contributed by atoms with Crippen molar-refractivity contribution < 1.29 is 8.98 Å². The van der Waals surface area contributed by atoms with E-state index in [1.807, 2.05) is 84.9 Å². The highest BCUT2D eigenvalue weighted by Crippen LogP contribution is 2.62. The largest absolute Gasteiger partial charge is 0.456 e. The highest BCUT2D eigenvalue weighted by Gasteiger charge is 2.54. The van der Waals surface area contributed by atoms with Crippen molar-refractivity contribution in [2.75, 3.05) is 0 Å². The number of furan rings is 1. The fourth-order valence-electron chi connectivity index (χ4n) is 9.35. The summed E-state index contributed by atoms with van der Waals surface area (Å²) in [5.74, 6) is 0.638. The molecule has 1 spiro atoms. The minimum atomic E-state index is -3.43. The Morgan fingerprint density at radius 2 is 1.14 bits per heavy atom. The minimum Gasteiger partial charge on any atom is -0.456 e. The van der Waals surface area contributed by atoms with Crippen molar-refractivity contribution in [2.45, 2.75) is 15.2 Å². The van der Waals surface area contributed by atoms with Crippen molar-refractivity contribution in [3.63, 3.8) is 0 Å². The van der Waals surface area contributed by atoms with Gasteiger partial charge in [-0.05, 0) is 70.8 Å². The molecule has 2 aliphatic heterocycles. The number of aromatic nitrogens is 3. The van der Waals surface area contributed by atoms with E-state index >= 15 is 4.57 Å². The van der Waals surface area contributed by atoms with Gasteiger partial charge in [0.05, 0.1) is 16.8 Å². The summed E-state index contributed by atoms with van der Waals surface area (Å²) in [6, 6.07) is 62.5. The molecule has 0 bridgehead atoms. The van der Waals surface area contributed by atoms with Crippen LogP contribution in [0.3, 0.4) is 0 Å². The SMILES string of the molecule is O=P1(c2ccccc2)c2ccccc2C2(c3ccccc3Sc3cc(-c4nc(-c5ccccc5)cc(-c5ccncc5)n4)ccc32)c2cc3c(cc21)oc1ccccc13. The molecule has 0 fully saturated rings. The van der Waals surface area contributed by atoms with Gasteiger partial charge in [0, 0.05) is 65.6 Å². The van der Waals surface area contributed by atoms with E-state index in [1.165, 1.54) is 0 Å². The van der Waals surface area contributed by atoms with Crippen LogP contribution in [0, 0.1) is 0 Å². The Labute approximate surface area is 344 Å².